The lowest BCUT2D eigenvalue weighted by molar-refractivity contribution is 0.0836. The van der Waals surface area contributed by atoms with E-state index in [9.17, 15) is 4.79 Å². The molecule has 3 nitrogen and oxygen atoms in total. The number of unbranched alkanes of at least 4 members (excludes halogenated alkanes) is 6. The lowest BCUT2D eigenvalue weighted by Gasteiger charge is -2.10. The van der Waals surface area contributed by atoms with Crippen molar-refractivity contribution < 1.29 is 4.79 Å². The van der Waals surface area contributed by atoms with E-state index < -0.39 is 0 Å². The standard InChI is InChI=1S/C15H26N2O/c1-3-4-5-6-7-8-9-10-14(2)15(18)17-12-11-16-13-17/h11-14H,3-10H2,1-2H3. The lowest BCUT2D eigenvalue weighted by Crippen LogP contribution is -2.17. The number of carbonyl (C=O) groups excluding carboxylic acids is 1. The van der Waals surface area contributed by atoms with Crippen molar-refractivity contribution in [2.45, 2.75) is 65.2 Å². The maximum Gasteiger partial charge on any atom is 0.234 e. The van der Waals surface area contributed by atoms with E-state index in [1.165, 1.54) is 38.5 Å². The highest BCUT2D eigenvalue weighted by molar-refractivity contribution is 5.80. The number of carbonyl (C=O) groups is 1. The Labute approximate surface area is 111 Å². The van der Waals surface area contributed by atoms with Gasteiger partial charge in [-0.15, -0.1) is 0 Å². The predicted octanol–water partition coefficient (Wildman–Crippen LogP) is 4.30. The number of hydrogen-bond donors (Lipinski definition) is 0. The third-order valence-electron chi connectivity index (χ3n) is 3.42. The SMILES string of the molecule is CCCCCCCCCC(C)C(=O)n1ccnc1. The van der Waals surface area contributed by atoms with Crippen molar-refractivity contribution >= 4 is 5.91 Å². The van der Waals surface area contributed by atoms with Crippen LogP contribution in [0.15, 0.2) is 18.7 Å². The van der Waals surface area contributed by atoms with Gasteiger partial charge in [-0.2, -0.15) is 0 Å². The van der Waals surface area contributed by atoms with E-state index in [4.69, 9.17) is 0 Å². The number of rotatable bonds is 9. The molecular weight excluding hydrogens is 224 g/mol. The first-order valence-corrected chi connectivity index (χ1v) is 7.28. The summed E-state index contributed by atoms with van der Waals surface area (Å²) >= 11 is 0. The first kappa shape index (κ1) is 14.9. The summed E-state index contributed by atoms with van der Waals surface area (Å²) in [5.74, 6) is 0.272. The minimum Gasteiger partial charge on any atom is -0.276 e. The van der Waals surface area contributed by atoms with Crippen LogP contribution in [0.4, 0.5) is 0 Å². The molecule has 0 amide bonds. The molecule has 3 heteroatoms. The first-order valence-electron chi connectivity index (χ1n) is 7.28. The van der Waals surface area contributed by atoms with Gasteiger partial charge in [0.15, 0.2) is 0 Å². The Kier molecular flexibility index (Phi) is 7.38. The van der Waals surface area contributed by atoms with Gasteiger partial charge in [0.1, 0.15) is 6.33 Å². The van der Waals surface area contributed by atoms with Gasteiger partial charge >= 0.3 is 0 Å². The molecule has 0 N–H and O–H groups in total. The van der Waals surface area contributed by atoms with E-state index >= 15 is 0 Å². The smallest absolute Gasteiger partial charge is 0.234 e. The number of nitrogens with zero attached hydrogens (tertiary/aromatic N) is 2. The monoisotopic (exact) mass is 250 g/mol. The van der Waals surface area contributed by atoms with E-state index in [1.807, 2.05) is 6.92 Å². The zero-order valence-electron chi connectivity index (χ0n) is 11.8. The average Bonchev–Trinajstić information content (AvgIpc) is 2.90. The molecule has 0 aromatic carbocycles. The van der Waals surface area contributed by atoms with Crippen molar-refractivity contribution in [3.8, 4) is 0 Å². The van der Waals surface area contributed by atoms with Gasteiger partial charge in [0.25, 0.3) is 0 Å². The van der Waals surface area contributed by atoms with Crippen molar-refractivity contribution in [1.82, 2.24) is 9.55 Å². The van der Waals surface area contributed by atoms with Crippen molar-refractivity contribution in [1.29, 1.82) is 0 Å². The summed E-state index contributed by atoms with van der Waals surface area (Å²) in [5.41, 5.74) is 0. The van der Waals surface area contributed by atoms with E-state index in [1.54, 1.807) is 23.3 Å². The van der Waals surface area contributed by atoms with Crippen molar-refractivity contribution in [3.05, 3.63) is 18.7 Å². The van der Waals surface area contributed by atoms with Crippen LogP contribution in [0, 0.1) is 5.92 Å². The molecule has 102 valence electrons. The Morgan fingerprint density at radius 3 is 2.44 bits per heavy atom. The summed E-state index contributed by atoms with van der Waals surface area (Å²) in [6, 6.07) is 0. The maximum absolute atomic E-state index is 11.9. The third kappa shape index (κ3) is 5.48. The number of hydrogen-bond acceptors (Lipinski definition) is 2. The summed E-state index contributed by atoms with van der Waals surface area (Å²) in [7, 11) is 0. The molecule has 1 atom stereocenters. The zero-order chi connectivity index (χ0) is 13.2. The molecule has 0 aliphatic rings. The van der Waals surface area contributed by atoms with Crippen LogP contribution < -0.4 is 0 Å². The van der Waals surface area contributed by atoms with Crippen molar-refractivity contribution in [2.75, 3.05) is 0 Å². The van der Waals surface area contributed by atoms with E-state index in [2.05, 4.69) is 11.9 Å². The van der Waals surface area contributed by atoms with Gasteiger partial charge in [-0.1, -0.05) is 58.8 Å². The Bertz CT molecular complexity index is 319. The molecular formula is C15H26N2O. The molecule has 1 aromatic rings. The molecule has 1 rings (SSSR count). The molecule has 1 unspecified atom stereocenters. The minimum atomic E-state index is 0.106. The largest absolute Gasteiger partial charge is 0.276 e. The molecule has 1 heterocycles. The average molecular weight is 250 g/mol. The van der Waals surface area contributed by atoms with Gasteiger partial charge in [-0.25, -0.2) is 4.98 Å². The minimum absolute atomic E-state index is 0.106. The van der Waals surface area contributed by atoms with Crippen LogP contribution in [0.25, 0.3) is 0 Å². The molecule has 0 aliphatic carbocycles. The van der Waals surface area contributed by atoms with Crippen molar-refractivity contribution in [2.24, 2.45) is 5.92 Å². The van der Waals surface area contributed by atoms with Gasteiger partial charge in [-0.3, -0.25) is 9.36 Å². The Morgan fingerprint density at radius 1 is 1.17 bits per heavy atom. The molecule has 0 spiro atoms. The Morgan fingerprint density at radius 2 is 1.83 bits per heavy atom. The molecule has 0 saturated carbocycles. The summed E-state index contributed by atoms with van der Waals surface area (Å²) in [6.45, 7) is 4.25. The molecule has 18 heavy (non-hydrogen) atoms. The molecule has 0 radical (unpaired) electrons. The predicted molar refractivity (Wildman–Crippen MR) is 74.6 cm³/mol. The summed E-state index contributed by atoms with van der Waals surface area (Å²) < 4.78 is 1.59. The lowest BCUT2D eigenvalue weighted by atomic mass is 10.0. The molecule has 0 fully saturated rings. The Balaban J connectivity index is 2.07. The van der Waals surface area contributed by atoms with Crippen molar-refractivity contribution in [3.63, 3.8) is 0 Å². The highest BCUT2D eigenvalue weighted by atomic mass is 16.2. The van der Waals surface area contributed by atoms with Gasteiger partial charge in [0, 0.05) is 18.3 Å². The maximum atomic E-state index is 11.9. The second-order valence-electron chi connectivity index (χ2n) is 5.12. The zero-order valence-corrected chi connectivity index (χ0v) is 11.8. The van der Waals surface area contributed by atoms with Crippen LogP contribution in [-0.2, 0) is 0 Å². The summed E-state index contributed by atoms with van der Waals surface area (Å²) in [5, 5.41) is 0. The fraction of sp³-hybridized carbons (Fsp3) is 0.733. The topological polar surface area (TPSA) is 34.9 Å². The normalized spacial score (nSPS) is 12.6. The van der Waals surface area contributed by atoms with Gasteiger partial charge in [0.05, 0.1) is 0 Å². The highest BCUT2D eigenvalue weighted by Gasteiger charge is 2.13. The van der Waals surface area contributed by atoms with Crippen LogP contribution in [0.1, 0.15) is 70.0 Å². The molecule has 0 bridgehead atoms. The summed E-state index contributed by atoms with van der Waals surface area (Å²) in [6.07, 6.45) is 15.0. The van der Waals surface area contributed by atoms with E-state index in [0.29, 0.717) is 0 Å². The second kappa shape index (κ2) is 8.90. The fourth-order valence-electron chi connectivity index (χ4n) is 2.18. The second-order valence-corrected chi connectivity index (χ2v) is 5.12. The first-order chi connectivity index (χ1) is 8.75. The fourth-order valence-corrected chi connectivity index (χ4v) is 2.18. The third-order valence-corrected chi connectivity index (χ3v) is 3.42. The van der Waals surface area contributed by atoms with Gasteiger partial charge in [0.2, 0.25) is 5.91 Å². The molecule has 0 aliphatic heterocycles. The molecule has 1 aromatic heterocycles. The van der Waals surface area contributed by atoms with Gasteiger partial charge < -0.3 is 0 Å². The van der Waals surface area contributed by atoms with Crippen LogP contribution in [-0.4, -0.2) is 15.5 Å². The highest BCUT2D eigenvalue weighted by Crippen LogP contribution is 2.14. The van der Waals surface area contributed by atoms with Crippen LogP contribution in [0.5, 0.6) is 0 Å². The number of aromatic nitrogens is 2. The van der Waals surface area contributed by atoms with Crippen LogP contribution in [0.3, 0.4) is 0 Å². The Hall–Kier alpha value is -1.12. The van der Waals surface area contributed by atoms with Crippen LogP contribution in [0.2, 0.25) is 0 Å². The molecule has 0 saturated heterocycles. The summed E-state index contributed by atoms with van der Waals surface area (Å²) in [4.78, 5) is 15.8. The van der Waals surface area contributed by atoms with Gasteiger partial charge in [-0.05, 0) is 6.42 Å². The van der Waals surface area contributed by atoms with Crippen LogP contribution >= 0.6 is 0 Å². The quantitative estimate of drug-likeness (QED) is 0.612. The van der Waals surface area contributed by atoms with E-state index in [0.717, 1.165) is 12.8 Å². The number of imidazole rings is 1. The van der Waals surface area contributed by atoms with E-state index in [-0.39, 0.29) is 11.8 Å².